The van der Waals surface area contributed by atoms with Crippen molar-refractivity contribution in [3.05, 3.63) is 65.5 Å². The van der Waals surface area contributed by atoms with Crippen molar-refractivity contribution in [1.29, 1.82) is 0 Å². The molecule has 0 amide bonds. The van der Waals surface area contributed by atoms with Gasteiger partial charge in [-0.25, -0.2) is 12.8 Å². The van der Waals surface area contributed by atoms with E-state index in [2.05, 4.69) is 0 Å². The van der Waals surface area contributed by atoms with E-state index in [-0.39, 0.29) is 23.8 Å². The van der Waals surface area contributed by atoms with Gasteiger partial charge in [-0.05, 0) is 54.7 Å². The van der Waals surface area contributed by atoms with Gasteiger partial charge in [0.25, 0.3) is 0 Å². The van der Waals surface area contributed by atoms with Crippen LogP contribution in [0.3, 0.4) is 0 Å². The van der Waals surface area contributed by atoms with E-state index in [0.717, 1.165) is 18.4 Å². The highest BCUT2D eigenvalue weighted by Gasteiger charge is 2.42. The van der Waals surface area contributed by atoms with Crippen LogP contribution in [0.4, 0.5) is 17.6 Å². The number of benzene rings is 2. The standard InChI is InChI=1S/C19H21F4NO3S.ClH/c1-28(25,26)24-18(19(21,22)23)15-7-5-14(6-8-15)4-2-3-13-27-17-11-9-16(20)10-12-17;/h5-12,18,24H,2-4,13H2,1H3;1H/t18-;/m0./s1. The molecule has 0 aliphatic carbocycles. The molecule has 2 rings (SSSR count). The smallest absolute Gasteiger partial charge is 0.408 e. The fourth-order valence-electron chi connectivity index (χ4n) is 2.57. The van der Waals surface area contributed by atoms with E-state index in [1.165, 1.54) is 36.4 Å². The number of sulfonamides is 1. The van der Waals surface area contributed by atoms with Gasteiger partial charge in [0.1, 0.15) is 17.6 Å². The molecule has 0 radical (unpaired) electrons. The monoisotopic (exact) mass is 455 g/mol. The first kappa shape index (κ1) is 25.2. The minimum atomic E-state index is -4.73. The molecule has 0 unspecified atom stereocenters. The minimum Gasteiger partial charge on any atom is -0.494 e. The van der Waals surface area contributed by atoms with Crippen LogP contribution in [0.25, 0.3) is 0 Å². The summed E-state index contributed by atoms with van der Waals surface area (Å²) in [6, 6.07) is 9.08. The summed E-state index contributed by atoms with van der Waals surface area (Å²) < 4.78 is 81.7. The molecule has 1 atom stereocenters. The molecular weight excluding hydrogens is 434 g/mol. The SMILES string of the molecule is CS(=O)(=O)N[C@@H](c1ccc(CCCCOc2ccc(F)cc2)cc1)C(F)(F)F.Cl. The van der Waals surface area contributed by atoms with Crippen LogP contribution in [0.1, 0.15) is 30.0 Å². The summed E-state index contributed by atoms with van der Waals surface area (Å²) in [6.45, 7) is 0.443. The summed E-state index contributed by atoms with van der Waals surface area (Å²) in [5.74, 6) is 0.234. The molecule has 0 aliphatic rings. The lowest BCUT2D eigenvalue weighted by atomic mass is 10.0. The zero-order chi connectivity index (χ0) is 20.8. The summed E-state index contributed by atoms with van der Waals surface area (Å²) in [5, 5.41) is 0. The molecule has 0 saturated carbocycles. The highest BCUT2D eigenvalue weighted by atomic mass is 35.5. The molecule has 0 spiro atoms. The summed E-state index contributed by atoms with van der Waals surface area (Å²) in [4.78, 5) is 0. The van der Waals surface area contributed by atoms with Gasteiger partial charge in [0.05, 0.1) is 12.9 Å². The zero-order valence-corrected chi connectivity index (χ0v) is 17.2. The molecular formula is C19H22ClF4NO3S. The number of halogens is 5. The second kappa shape index (κ2) is 10.8. The molecule has 0 saturated heterocycles. The first-order valence-electron chi connectivity index (χ1n) is 8.56. The van der Waals surface area contributed by atoms with Gasteiger partial charge in [-0.2, -0.15) is 17.9 Å². The third kappa shape index (κ3) is 9.01. The molecule has 1 N–H and O–H groups in total. The number of hydrogen-bond donors (Lipinski definition) is 1. The fourth-order valence-corrected chi connectivity index (χ4v) is 3.26. The maximum Gasteiger partial charge on any atom is 0.408 e. The lowest BCUT2D eigenvalue weighted by Crippen LogP contribution is -2.37. The van der Waals surface area contributed by atoms with Crippen molar-refractivity contribution in [1.82, 2.24) is 4.72 Å². The second-order valence-electron chi connectivity index (χ2n) is 6.37. The molecule has 0 fully saturated rings. The predicted molar refractivity (Wildman–Crippen MR) is 105 cm³/mol. The number of nitrogens with one attached hydrogen (secondary N) is 1. The van der Waals surface area contributed by atoms with Gasteiger partial charge in [-0.1, -0.05) is 24.3 Å². The van der Waals surface area contributed by atoms with E-state index in [1.54, 1.807) is 16.9 Å². The van der Waals surface area contributed by atoms with Gasteiger partial charge in [0, 0.05) is 0 Å². The Kier molecular flexibility index (Phi) is 9.38. The van der Waals surface area contributed by atoms with Crippen molar-refractivity contribution in [3.8, 4) is 5.75 Å². The van der Waals surface area contributed by atoms with Gasteiger partial charge in [-0.15, -0.1) is 12.4 Å². The topological polar surface area (TPSA) is 55.4 Å². The first-order valence-corrected chi connectivity index (χ1v) is 10.4. The normalized spacial score (nSPS) is 12.9. The molecule has 0 aliphatic heterocycles. The van der Waals surface area contributed by atoms with Crippen molar-refractivity contribution < 1.29 is 30.7 Å². The largest absolute Gasteiger partial charge is 0.494 e. The van der Waals surface area contributed by atoms with E-state index < -0.39 is 22.2 Å². The molecule has 2 aromatic carbocycles. The highest BCUT2D eigenvalue weighted by Crippen LogP contribution is 2.33. The fraction of sp³-hybridized carbons (Fsp3) is 0.368. The van der Waals surface area contributed by atoms with E-state index in [0.29, 0.717) is 25.0 Å². The summed E-state index contributed by atoms with van der Waals surface area (Å²) in [7, 11) is -4.02. The van der Waals surface area contributed by atoms with Gasteiger partial charge >= 0.3 is 6.18 Å². The summed E-state index contributed by atoms with van der Waals surface area (Å²) in [5.41, 5.74) is 0.673. The van der Waals surface area contributed by atoms with Crippen LogP contribution in [0.2, 0.25) is 0 Å². The molecule has 162 valence electrons. The molecule has 0 bridgehead atoms. The molecule has 29 heavy (non-hydrogen) atoms. The average Bonchev–Trinajstić information content (AvgIpc) is 2.60. The number of rotatable bonds is 9. The Balaban J connectivity index is 0.00000420. The third-order valence-corrected chi connectivity index (χ3v) is 4.58. The van der Waals surface area contributed by atoms with Crippen molar-refractivity contribution >= 4 is 22.4 Å². The molecule has 2 aromatic rings. The Morgan fingerprint density at radius 1 is 1.00 bits per heavy atom. The third-order valence-electron chi connectivity index (χ3n) is 3.91. The molecule has 10 heteroatoms. The molecule has 0 aromatic heterocycles. The number of aryl methyl sites for hydroxylation is 1. The van der Waals surface area contributed by atoms with Gasteiger partial charge in [-0.3, -0.25) is 0 Å². The second-order valence-corrected chi connectivity index (χ2v) is 8.15. The van der Waals surface area contributed by atoms with Crippen LogP contribution in [-0.4, -0.2) is 27.5 Å². The Morgan fingerprint density at radius 2 is 1.59 bits per heavy atom. The maximum absolute atomic E-state index is 13.1. The van der Waals surface area contributed by atoms with Crippen LogP contribution in [0, 0.1) is 5.82 Å². The van der Waals surface area contributed by atoms with Crippen molar-refractivity contribution in [2.45, 2.75) is 31.5 Å². The van der Waals surface area contributed by atoms with Crippen LogP contribution in [0.5, 0.6) is 5.75 Å². The molecule has 4 nitrogen and oxygen atoms in total. The van der Waals surface area contributed by atoms with Gasteiger partial charge < -0.3 is 4.74 Å². The van der Waals surface area contributed by atoms with E-state index in [1.807, 2.05) is 0 Å². The van der Waals surface area contributed by atoms with Crippen molar-refractivity contribution in [3.63, 3.8) is 0 Å². The lowest BCUT2D eigenvalue weighted by Gasteiger charge is -2.21. The summed E-state index contributed by atoms with van der Waals surface area (Å²) in [6.07, 6.45) is -1.93. The predicted octanol–water partition coefficient (Wildman–Crippen LogP) is 4.80. The highest BCUT2D eigenvalue weighted by molar-refractivity contribution is 7.88. The van der Waals surface area contributed by atoms with E-state index in [4.69, 9.17) is 4.74 Å². The first-order chi connectivity index (χ1) is 13.0. The van der Waals surface area contributed by atoms with Gasteiger partial charge in [0.15, 0.2) is 0 Å². The van der Waals surface area contributed by atoms with Crippen molar-refractivity contribution in [2.24, 2.45) is 0 Å². The Hall–Kier alpha value is -1.84. The van der Waals surface area contributed by atoms with E-state index >= 15 is 0 Å². The quantitative estimate of drug-likeness (QED) is 0.436. The maximum atomic E-state index is 13.1. The number of alkyl halides is 3. The zero-order valence-electron chi connectivity index (χ0n) is 15.6. The Bertz CT molecular complexity index is 857. The minimum absolute atomic E-state index is 0. The number of unbranched alkanes of at least 4 members (excludes halogenated alkanes) is 1. The van der Waals surface area contributed by atoms with E-state index in [9.17, 15) is 26.0 Å². The number of ether oxygens (including phenoxy) is 1. The van der Waals surface area contributed by atoms with Crippen LogP contribution in [0.15, 0.2) is 48.5 Å². The Morgan fingerprint density at radius 3 is 2.10 bits per heavy atom. The number of hydrogen-bond acceptors (Lipinski definition) is 3. The summed E-state index contributed by atoms with van der Waals surface area (Å²) >= 11 is 0. The average molecular weight is 456 g/mol. The Labute approximate surface area is 173 Å². The van der Waals surface area contributed by atoms with Crippen LogP contribution >= 0.6 is 12.4 Å². The van der Waals surface area contributed by atoms with Crippen LogP contribution in [-0.2, 0) is 16.4 Å². The molecule has 0 heterocycles. The van der Waals surface area contributed by atoms with Crippen molar-refractivity contribution in [2.75, 3.05) is 12.9 Å². The van der Waals surface area contributed by atoms with Gasteiger partial charge in [0.2, 0.25) is 10.0 Å². The van der Waals surface area contributed by atoms with Crippen LogP contribution < -0.4 is 9.46 Å². The lowest BCUT2D eigenvalue weighted by molar-refractivity contribution is -0.153.